The minimum atomic E-state index is -1.02. The maximum absolute atomic E-state index is 12.2. The van der Waals surface area contributed by atoms with Crippen LogP contribution in [0.4, 0.5) is 0 Å². The summed E-state index contributed by atoms with van der Waals surface area (Å²) in [5.74, 6) is -1.20. The van der Waals surface area contributed by atoms with Crippen LogP contribution in [0, 0.1) is 0 Å². The topological polar surface area (TPSA) is 92.4 Å². The highest BCUT2D eigenvalue weighted by atomic mass is 32.2. The number of hydrogen-bond donors (Lipinski definition) is 3. The van der Waals surface area contributed by atoms with Crippen molar-refractivity contribution < 1.29 is 14.7 Å². The van der Waals surface area contributed by atoms with Crippen LogP contribution >= 0.6 is 11.8 Å². The number of nitrogens with one attached hydrogen (secondary N) is 1. The molecule has 0 saturated carbocycles. The maximum atomic E-state index is 12.2. The Morgan fingerprint density at radius 1 is 1.35 bits per heavy atom. The van der Waals surface area contributed by atoms with Gasteiger partial charge in [0.25, 0.3) is 0 Å². The van der Waals surface area contributed by atoms with Gasteiger partial charge < -0.3 is 16.2 Å². The fraction of sp³-hybridized carbons (Fsp3) is 0.429. The van der Waals surface area contributed by atoms with E-state index in [1.54, 1.807) is 11.8 Å². The zero-order valence-electron chi connectivity index (χ0n) is 11.4. The molecule has 1 unspecified atom stereocenters. The molecule has 0 saturated heterocycles. The number of thioether (sulfide) groups is 1. The van der Waals surface area contributed by atoms with E-state index in [0.29, 0.717) is 12.2 Å². The Balaban J connectivity index is 2.73. The van der Waals surface area contributed by atoms with E-state index >= 15 is 0 Å². The molecule has 0 spiro atoms. The molecule has 5 nitrogen and oxygen atoms in total. The van der Waals surface area contributed by atoms with Crippen molar-refractivity contribution in [1.29, 1.82) is 0 Å². The minimum Gasteiger partial charge on any atom is -0.480 e. The summed E-state index contributed by atoms with van der Waals surface area (Å²) in [5, 5.41) is 11.7. The van der Waals surface area contributed by atoms with E-state index in [0.717, 1.165) is 5.56 Å². The van der Waals surface area contributed by atoms with Crippen LogP contribution in [-0.2, 0) is 9.59 Å². The normalized spacial score (nSPS) is 13.5. The molecule has 0 heterocycles. The Hall–Kier alpha value is -1.53. The van der Waals surface area contributed by atoms with Crippen LogP contribution in [-0.4, -0.2) is 41.6 Å². The highest BCUT2D eigenvalue weighted by Crippen LogP contribution is 2.15. The highest BCUT2D eigenvalue weighted by Gasteiger charge is 2.25. The summed E-state index contributed by atoms with van der Waals surface area (Å²) >= 11 is 1.55. The molecule has 1 aromatic carbocycles. The summed E-state index contributed by atoms with van der Waals surface area (Å²) in [5.41, 5.74) is 6.44. The number of aliphatic carboxylic acids is 1. The lowest BCUT2D eigenvalue weighted by atomic mass is 9.98. The van der Waals surface area contributed by atoms with Crippen molar-refractivity contribution in [1.82, 2.24) is 5.32 Å². The monoisotopic (exact) mass is 296 g/mol. The third kappa shape index (κ3) is 4.86. The van der Waals surface area contributed by atoms with E-state index in [1.807, 2.05) is 36.6 Å². The number of benzene rings is 1. The van der Waals surface area contributed by atoms with Gasteiger partial charge in [-0.2, -0.15) is 11.8 Å². The third-order valence-electron chi connectivity index (χ3n) is 2.98. The smallest absolute Gasteiger partial charge is 0.326 e. The molecule has 0 aliphatic heterocycles. The number of rotatable bonds is 8. The second-order valence-corrected chi connectivity index (χ2v) is 5.37. The lowest BCUT2D eigenvalue weighted by Gasteiger charge is -2.19. The van der Waals surface area contributed by atoms with Gasteiger partial charge in [0, 0.05) is 6.54 Å². The summed E-state index contributed by atoms with van der Waals surface area (Å²) in [6.07, 6.45) is 2.29. The Labute approximate surface area is 122 Å². The van der Waals surface area contributed by atoms with Crippen molar-refractivity contribution in [3.05, 3.63) is 35.9 Å². The molecule has 0 fully saturated rings. The Morgan fingerprint density at radius 3 is 2.50 bits per heavy atom. The lowest BCUT2D eigenvalue weighted by Crippen LogP contribution is -2.44. The van der Waals surface area contributed by atoms with Gasteiger partial charge in [0.1, 0.15) is 6.04 Å². The quantitative estimate of drug-likeness (QED) is 0.667. The second kappa shape index (κ2) is 8.60. The van der Waals surface area contributed by atoms with Crippen LogP contribution in [0.1, 0.15) is 17.9 Å². The van der Waals surface area contributed by atoms with E-state index in [2.05, 4.69) is 5.32 Å². The molecular weight excluding hydrogens is 276 g/mol. The van der Waals surface area contributed by atoms with Crippen molar-refractivity contribution in [2.45, 2.75) is 18.4 Å². The minimum absolute atomic E-state index is 0.144. The van der Waals surface area contributed by atoms with Crippen LogP contribution in [0.2, 0.25) is 0 Å². The number of carboxylic acid groups (broad SMARTS) is 1. The molecular formula is C14H20N2O3S. The van der Waals surface area contributed by atoms with Gasteiger partial charge in [-0.1, -0.05) is 30.3 Å². The van der Waals surface area contributed by atoms with Gasteiger partial charge >= 0.3 is 5.97 Å². The van der Waals surface area contributed by atoms with Crippen molar-refractivity contribution >= 4 is 23.6 Å². The zero-order chi connectivity index (χ0) is 15.0. The first-order valence-corrected chi connectivity index (χ1v) is 7.76. The van der Waals surface area contributed by atoms with Crippen molar-refractivity contribution in [2.24, 2.45) is 5.73 Å². The van der Waals surface area contributed by atoms with Crippen molar-refractivity contribution in [3.8, 4) is 0 Å². The number of nitrogens with two attached hydrogens (primary N) is 1. The number of carboxylic acids is 1. The number of hydrogen-bond acceptors (Lipinski definition) is 4. The maximum Gasteiger partial charge on any atom is 0.326 e. The molecule has 0 radical (unpaired) electrons. The van der Waals surface area contributed by atoms with Crippen molar-refractivity contribution in [3.63, 3.8) is 0 Å². The van der Waals surface area contributed by atoms with Gasteiger partial charge in [-0.3, -0.25) is 4.79 Å². The molecule has 0 bridgehead atoms. The lowest BCUT2D eigenvalue weighted by molar-refractivity contribution is -0.142. The summed E-state index contributed by atoms with van der Waals surface area (Å²) in [6.45, 7) is 0.144. The number of carbonyl (C=O) groups is 2. The first kappa shape index (κ1) is 16.5. The molecule has 0 aromatic heterocycles. The molecule has 110 valence electrons. The van der Waals surface area contributed by atoms with E-state index < -0.39 is 17.9 Å². The molecule has 1 amide bonds. The average Bonchev–Trinajstić information content (AvgIpc) is 2.45. The highest BCUT2D eigenvalue weighted by molar-refractivity contribution is 7.98. The summed E-state index contributed by atoms with van der Waals surface area (Å²) < 4.78 is 0. The SMILES string of the molecule is CSCC[C@@H](NC(=O)C(CN)c1ccccc1)C(=O)O. The predicted octanol–water partition coefficient (Wildman–Crippen LogP) is 1.05. The van der Waals surface area contributed by atoms with Gasteiger partial charge in [-0.25, -0.2) is 4.79 Å². The fourth-order valence-electron chi connectivity index (χ4n) is 1.85. The third-order valence-corrected chi connectivity index (χ3v) is 3.62. The number of carbonyl (C=O) groups excluding carboxylic acids is 1. The van der Waals surface area contributed by atoms with Crippen LogP contribution in [0.5, 0.6) is 0 Å². The van der Waals surface area contributed by atoms with Gasteiger partial charge in [0.05, 0.1) is 5.92 Å². The standard InChI is InChI=1S/C14H20N2O3S/c1-20-8-7-12(14(18)19)16-13(17)11(9-15)10-5-3-2-4-6-10/h2-6,11-12H,7-9,15H2,1H3,(H,16,17)(H,18,19)/t11?,12-/m1/s1. The fourth-order valence-corrected chi connectivity index (χ4v) is 2.32. The molecule has 2 atom stereocenters. The van der Waals surface area contributed by atoms with E-state index in [9.17, 15) is 9.59 Å². The Bertz CT molecular complexity index is 439. The van der Waals surface area contributed by atoms with Gasteiger partial charge in [0.15, 0.2) is 0 Å². The van der Waals surface area contributed by atoms with E-state index in [-0.39, 0.29) is 12.5 Å². The molecule has 0 aliphatic rings. The number of amides is 1. The van der Waals surface area contributed by atoms with Gasteiger partial charge in [-0.05, 0) is 24.0 Å². The molecule has 4 N–H and O–H groups in total. The molecule has 1 aromatic rings. The van der Waals surface area contributed by atoms with Crippen LogP contribution in [0.25, 0.3) is 0 Å². The summed E-state index contributed by atoms with van der Waals surface area (Å²) in [6, 6.07) is 8.27. The zero-order valence-corrected chi connectivity index (χ0v) is 12.2. The van der Waals surface area contributed by atoms with Gasteiger partial charge in [0.2, 0.25) is 5.91 Å². The molecule has 6 heteroatoms. The Morgan fingerprint density at radius 2 is 2.00 bits per heavy atom. The second-order valence-electron chi connectivity index (χ2n) is 4.38. The molecule has 1 rings (SSSR count). The molecule has 20 heavy (non-hydrogen) atoms. The summed E-state index contributed by atoms with van der Waals surface area (Å²) in [7, 11) is 0. The van der Waals surface area contributed by atoms with E-state index in [1.165, 1.54) is 0 Å². The Kier molecular flexibility index (Phi) is 7.11. The average molecular weight is 296 g/mol. The predicted molar refractivity (Wildman–Crippen MR) is 80.8 cm³/mol. The van der Waals surface area contributed by atoms with E-state index in [4.69, 9.17) is 10.8 Å². The van der Waals surface area contributed by atoms with Crippen molar-refractivity contribution in [2.75, 3.05) is 18.6 Å². The molecule has 0 aliphatic carbocycles. The van der Waals surface area contributed by atoms with Gasteiger partial charge in [-0.15, -0.1) is 0 Å². The van der Waals surface area contributed by atoms with Crippen LogP contribution in [0.15, 0.2) is 30.3 Å². The largest absolute Gasteiger partial charge is 0.480 e. The van der Waals surface area contributed by atoms with Crippen LogP contribution in [0.3, 0.4) is 0 Å². The first-order valence-electron chi connectivity index (χ1n) is 6.37. The summed E-state index contributed by atoms with van der Waals surface area (Å²) in [4.78, 5) is 23.3. The van der Waals surface area contributed by atoms with Crippen LogP contribution < -0.4 is 11.1 Å². The first-order chi connectivity index (χ1) is 9.60.